The average molecular weight is 192 g/mol. The number of pyridine rings is 1. The Morgan fingerprint density at radius 3 is 2.71 bits per heavy atom. The molecular formula is C12H20N2. The molecule has 2 unspecified atom stereocenters. The Morgan fingerprint density at radius 1 is 1.43 bits per heavy atom. The second kappa shape index (κ2) is 5.76. The van der Waals surface area contributed by atoms with E-state index in [1.807, 2.05) is 18.3 Å². The molecule has 0 saturated carbocycles. The van der Waals surface area contributed by atoms with E-state index in [9.17, 15) is 0 Å². The second-order valence-corrected chi connectivity index (χ2v) is 3.86. The zero-order chi connectivity index (χ0) is 10.4. The van der Waals surface area contributed by atoms with E-state index in [0.717, 1.165) is 5.69 Å². The fourth-order valence-corrected chi connectivity index (χ4v) is 1.90. The first kappa shape index (κ1) is 11.2. The minimum Gasteiger partial charge on any atom is -0.330 e. The van der Waals surface area contributed by atoms with Crippen LogP contribution in [0.25, 0.3) is 0 Å². The fourth-order valence-electron chi connectivity index (χ4n) is 1.90. The molecule has 2 atom stereocenters. The van der Waals surface area contributed by atoms with Crippen LogP contribution in [0.3, 0.4) is 0 Å². The third-order valence-electron chi connectivity index (χ3n) is 2.75. The van der Waals surface area contributed by atoms with Crippen LogP contribution < -0.4 is 5.73 Å². The van der Waals surface area contributed by atoms with Gasteiger partial charge in [0.25, 0.3) is 0 Å². The monoisotopic (exact) mass is 192 g/mol. The number of hydrogen-bond donors (Lipinski definition) is 1. The van der Waals surface area contributed by atoms with Crippen LogP contribution in [0, 0.1) is 5.92 Å². The first-order chi connectivity index (χ1) is 6.79. The van der Waals surface area contributed by atoms with Crippen molar-refractivity contribution in [2.24, 2.45) is 11.7 Å². The molecule has 1 rings (SSSR count). The molecule has 0 aliphatic carbocycles. The van der Waals surface area contributed by atoms with Gasteiger partial charge in [-0.05, 0) is 18.1 Å². The molecule has 0 aromatic carbocycles. The molecule has 2 N–H and O–H groups in total. The molecule has 1 aromatic heterocycles. The summed E-state index contributed by atoms with van der Waals surface area (Å²) in [6, 6.07) is 6.05. The molecule has 0 radical (unpaired) electrons. The maximum atomic E-state index is 5.80. The van der Waals surface area contributed by atoms with Crippen molar-refractivity contribution in [2.45, 2.75) is 32.6 Å². The highest BCUT2D eigenvalue weighted by atomic mass is 14.7. The first-order valence-corrected chi connectivity index (χ1v) is 5.40. The summed E-state index contributed by atoms with van der Waals surface area (Å²) in [5.41, 5.74) is 6.93. The summed E-state index contributed by atoms with van der Waals surface area (Å²) in [4.78, 5) is 4.37. The highest BCUT2D eigenvalue weighted by Crippen LogP contribution is 2.25. The van der Waals surface area contributed by atoms with Gasteiger partial charge in [-0.2, -0.15) is 0 Å². The lowest BCUT2D eigenvalue weighted by Crippen LogP contribution is -2.20. The summed E-state index contributed by atoms with van der Waals surface area (Å²) in [6.07, 6.45) is 4.28. The van der Waals surface area contributed by atoms with E-state index in [2.05, 4.69) is 24.9 Å². The van der Waals surface area contributed by atoms with Crippen LogP contribution in [0.2, 0.25) is 0 Å². The summed E-state index contributed by atoms with van der Waals surface area (Å²) >= 11 is 0. The van der Waals surface area contributed by atoms with E-state index in [4.69, 9.17) is 5.73 Å². The Bertz CT molecular complexity index is 246. The van der Waals surface area contributed by atoms with Gasteiger partial charge in [0.05, 0.1) is 0 Å². The van der Waals surface area contributed by atoms with E-state index in [1.54, 1.807) is 0 Å². The van der Waals surface area contributed by atoms with Gasteiger partial charge in [0.15, 0.2) is 0 Å². The summed E-state index contributed by atoms with van der Waals surface area (Å²) in [5.74, 6) is 1.04. The molecule has 0 aliphatic heterocycles. The van der Waals surface area contributed by atoms with Crippen molar-refractivity contribution in [3.05, 3.63) is 30.1 Å². The Morgan fingerprint density at radius 2 is 2.21 bits per heavy atom. The van der Waals surface area contributed by atoms with Crippen molar-refractivity contribution in [3.63, 3.8) is 0 Å². The molecule has 14 heavy (non-hydrogen) atoms. The number of aromatic nitrogens is 1. The predicted octanol–water partition coefficient (Wildman–Crippen LogP) is 2.56. The van der Waals surface area contributed by atoms with E-state index in [0.29, 0.717) is 18.4 Å². The van der Waals surface area contributed by atoms with Gasteiger partial charge in [0.2, 0.25) is 0 Å². The zero-order valence-corrected chi connectivity index (χ0v) is 9.11. The highest BCUT2D eigenvalue weighted by Gasteiger charge is 2.17. The van der Waals surface area contributed by atoms with E-state index in [1.165, 1.54) is 12.8 Å². The van der Waals surface area contributed by atoms with Crippen molar-refractivity contribution >= 4 is 0 Å². The number of hydrogen-bond acceptors (Lipinski definition) is 2. The van der Waals surface area contributed by atoms with Crippen LogP contribution in [-0.2, 0) is 0 Å². The Labute approximate surface area is 86.5 Å². The molecule has 78 valence electrons. The average Bonchev–Trinajstić information content (AvgIpc) is 2.21. The molecule has 0 spiro atoms. The molecule has 0 bridgehead atoms. The maximum Gasteiger partial charge on any atom is 0.0449 e. The number of rotatable bonds is 5. The van der Waals surface area contributed by atoms with Crippen LogP contribution in [0.15, 0.2) is 24.4 Å². The molecule has 0 amide bonds. The SMILES string of the molecule is CCCC(C)C(CN)c1ccccn1. The largest absolute Gasteiger partial charge is 0.330 e. The van der Waals surface area contributed by atoms with Crippen LogP contribution in [0.5, 0.6) is 0 Å². The molecule has 0 saturated heterocycles. The van der Waals surface area contributed by atoms with Gasteiger partial charge in [0.1, 0.15) is 0 Å². The third kappa shape index (κ3) is 2.81. The molecule has 1 heterocycles. The number of nitrogens with two attached hydrogens (primary N) is 1. The third-order valence-corrected chi connectivity index (χ3v) is 2.75. The second-order valence-electron chi connectivity index (χ2n) is 3.86. The van der Waals surface area contributed by atoms with Gasteiger partial charge in [0, 0.05) is 24.4 Å². The fraction of sp³-hybridized carbons (Fsp3) is 0.583. The first-order valence-electron chi connectivity index (χ1n) is 5.40. The lowest BCUT2D eigenvalue weighted by molar-refractivity contribution is 0.423. The van der Waals surface area contributed by atoms with E-state index in [-0.39, 0.29) is 0 Å². The normalized spacial score (nSPS) is 15.1. The molecule has 1 aromatic rings. The summed E-state index contributed by atoms with van der Waals surface area (Å²) < 4.78 is 0. The van der Waals surface area contributed by atoms with Crippen molar-refractivity contribution < 1.29 is 0 Å². The number of nitrogens with zero attached hydrogens (tertiary/aromatic N) is 1. The lowest BCUT2D eigenvalue weighted by Gasteiger charge is -2.21. The van der Waals surface area contributed by atoms with Crippen molar-refractivity contribution in [1.82, 2.24) is 4.98 Å². The Kier molecular flexibility index (Phi) is 4.60. The maximum absolute atomic E-state index is 5.80. The van der Waals surface area contributed by atoms with Gasteiger partial charge in [-0.1, -0.05) is 32.8 Å². The minimum absolute atomic E-state index is 0.413. The standard InChI is InChI=1S/C12H20N2/c1-3-6-10(2)11(9-13)12-7-4-5-8-14-12/h4-5,7-8,10-11H,3,6,9,13H2,1-2H3. The molecule has 0 fully saturated rings. The molecular weight excluding hydrogens is 172 g/mol. The summed E-state index contributed by atoms with van der Waals surface area (Å²) in [5, 5.41) is 0. The summed E-state index contributed by atoms with van der Waals surface area (Å²) in [6.45, 7) is 5.16. The lowest BCUT2D eigenvalue weighted by atomic mass is 9.87. The minimum atomic E-state index is 0.413. The van der Waals surface area contributed by atoms with Crippen molar-refractivity contribution in [3.8, 4) is 0 Å². The highest BCUT2D eigenvalue weighted by molar-refractivity contribution is 5.10. The van der Waals surface area contributed by atoms with Gasteiger partial charge in [-0.25, -0.2) is 0 Å². The predicted molar refractivity (Wildman–Crippen MR) is 60.1 cm³/mol. The van der Waals surface area contributed by atoms with Crippen molar-refractivity contribution in [2.75, 3.05) is 6.54 Å². The van der Waals surface area contributed by atoms with E-state index >= 15 is 0 Å². The molecule has 2 nitrogen and oxygen atoms in total. The molecule has 0 aliphatic rings. The summed E-state index contributed by atoms with van der Waals surface area (Å²) in [7, 11) is 0. The van der Waals surface area contributed by atoms with E-state index < -0.39 is 0 Å². The smallest absolute Gasteiger partial charge is 0.0449 e. The molecule has 2 heteroatoms. The van der Waals surface area contributed by atoms with Crippen LogP contribution in [0.1, 0.15) is 38.3 Å². The Hall–Kier alpha value is -0.890. The van der Waals surface area contributed by atoms with Gasteiger partial charge in [-0.15, -0.1) is 0 Å². The Balaban J connectivity index is 2.71. The van der Waals surface area contributed by atoms with Crippen LogP contribution in [0.4, 0.5) is 0 Å². The van der Waals surface area contributed by atoms with Gasteiger partial charge in [-0.3, -0.25) is 4.98 Å². The topological polar surface area (TPSA) is 38.9 Å². The zero-order valence-electron chi connectivity index (χ0n) is 9.11. The van der Waals surface area contributed by atoms with Gasteiger partial charge < -0.3 is 5.73 Å². The van der Waals surface area contributed by atoms with Crippen LogP contribution >= 0.6 is 0 Å². The van der Waals surface area contributed by atoms with Crippen LogP contribution in [-0.4, -0.2) is 11.5 Å². The quantitative estimate of drug-likeness (QED) is 0.778. The van der Waals surface area contributed by atoms with Gasteiger partial charge >= 0.3 is 0 Å². The van der Waals surface area contributed by atoms with Crippen molar-refractivity contribution in [1.29, 1.82) is 0 Å².